The van der Waals surface area contributed by atoms with Gasteiger partial charge >= 0.3 is 66.4 Å². The maximum Gasteiger partial charge on any atom is 1.00 e. The van der Waals surface area contributed by atoms with Crippen LogP contribution in [0.15, 0.2) is 0 Å². The summed E-state index contributed by atoms with van der Waals surface area (Å²) in [6.45, 7) is 0. The van der Waals surface area contributed by atoms with Gasteiger partial charge in [-0.15, -0.1) is 0 Å². The first-order valence-electron chi connectivity index (χ1n) is 0.775. The predicted molar refractivity (Wildman–Crippen MR) is 18.2 cm³/mol. The summed E-state index contributed by atoms with van der Waals surface area (Å²) in [4.78, 5) is 0. The van der Waals surface area contributed by atoms with Crippen LogP contribution in [0.25, 0.3) is 0 Å². The zero-order valence-electron chi connectivity index (χ0n) is 6.42. The first-order valence-corrected chi connectivity index (χ1v) is 0.775. The molecule has 7 heavy (non-hydrogen) atoms. The third kappa shape index (κ3) is 76.0. The molecule has 0 saturated heterocycles. The van der Waals surface area contributed by atoms with Crippen molar-refractivity contribution in [1.29, 1.82) is 0 Å². The van der Waals surface area contributed by atoms with Crippen molar-refractivity contribution in [3.05, 3.63) is 0 Å². The Balaban J connectivity index is -0.00000000450. The Morgan fingerprint density at radius 3 is 1.00 bits per heavy atom. The minimum Gasteiger partial charge on any atom is -1.00 e. The molecule has 0 aromatic carbocycles. The average Bonchev–Trinajstić information content (AvgIpc) is 0.811. The van der Waals surface area contributed by atoms with E-state index >= 15 is 0 Å². The van der Waals surface area contributed by atoms with Crippen molar-refractivity contribution in [2.75, 3.05) is 0 Å². The van der Waals surface area contributed by atoms with Crippen LogP contribution in [-0.2, 0) is 0 Å². The molecule has 0 aliphatic rings. The topological polar surface area (TPSA) is 92.2 Å². The molecule has 0 aromatic rings. The van der Waals surface area contributed by atoms with Crippen LogP contribution in [0, 0.1) is 0 Å². The molecule has 0 rings (SSSR count). The molecule has 4 nitrogen and oxygen atoms in total. The molecule has 0 amide bonds. The van der Waals surface area contributed by atoms with Crippen LogP contribution in [0.3, 0.4) is 0 Å². The summed E-state index contributed by atoms with van der Waals surface area (Å²) >= 11 is 0. The fourth-order valence-corrected chi connectivity index (χ4v) is 0. The van der Waals surface area contributed by atoms with Gasteiger partial charge in [0.25, 0.3) is 0 Å². The molecule has 0 saturated carbocycles. The normalized spacial score (nSPS) is 3.86. The average molecular weight is 128 g/mol. The number of rotatable bonds is 0. The van der Waals surface area contributed by atoms with Crippen molar-refractivity contribution in [2.45, 2.75) is 0 Å². The maximum atomic E-state index is 7.17. The number of hydrogen-bond acceptors (Lipinski definition) is 3. The van der Waals surface area contributed by atoms with Crippen molar-refractivity contribution in [1.82, 2.24) is 0 Å². The third-order valence-corrected chi connectivity index (χ3v) is 0. The van der Waals surface area contributed by atoms with Gasteiger partial charge in [-0.3, -0.25) is 0 Å². The van der Waals surface area contributed by atoms with Gasteiger partial charge in [0.1, 0.15) is 0 Å². The summed E-state index contributed by atoms with van der Waals surface area (Å²) in [5.41, 5.74) is 0. The van der Waals surface area contributed by atoms with Crippen LogP contribution < -0.4 is 59.1 Å². The number of hydrogen-bond donors (Lipinski definition) is 3. The van der Waals surface area contributed by atoms with E-state index in [1.54, 1.807) is 0 Å². The predicted octanol–water partition coefficient (Wildman–Crippen LogP) is -8.64. The Labute approximate surface area is 89.0 Å². The minimum atomic E-state index is -2.17. The summed E-state index contributed by atoms with van der Waals surface area (Å²) < 4.78 is 0. The molecule has 0 atom stereocenters. The molecule has 0 spiro atoms. The van der Waals surface area contributed by atoms with E-state index < -0.39 is 7.32 Å². The van der Waals surface area contributed by atoms with Crippen LogP contribution in [0.4, 0.5) is 0 Å². The minimum absolute atomic E-state index is 0. The summed E-state index contributed by atoms with van der Waals surface area (Å²) in [6.07, 6.45) is 0. The van der Waals surface area contributed by atoms with Gasteiger partial charge in [0.05, 0.1) is 0 Å². The fourth-order valence-electron chi connectivity index (χ4n) is 0. The molecule has 0 aliphatic carbocycles. The van der Waals surface area contributed by atoms with Gasteiger partial charge in [-0.25, -0.2) is 0 Å². The molecular weight excluding hydrogens is 121 g/mol. The molecule has 0 aliphatic heterocycles. The first-order chi connectivity index (χ1) is 1.73. The molecule has 0 unspecified atom stereocenters. The van der Waals surface area contributed by atoms with Gasteiger partial charge in [-0.05, 0) is 0 Å². The van der Waals surface area contributed by atoms with Crippen molar-refractivity contribution in [3.8, 4) is 0 Å². The van der Waals surface area contributed by atoms with E-state index in [9.17, 15) is 0 Å². The van der Waals surface area contributed by atoms with Crippen LogP contribution in [0.2, 0.25) is 0 Å². The molecule has 0 bridgehead atoms. The Morgan fingerprint density at radius 2 is 1.00 bits per heavy atom. The summed E-state index contributed by atoms with van der Waals surface area (Å²) in [5.74, 6) is 0. The van der Waals surface area contributed by atoms with E-state index in [1.165, 1.54) is 0 Å². The van der Waals surface area contributed by atoms with Crippen molar-refractivity contribution >= 4 is 7.32 Å². The van der Waals surface area contributed by atoms with E-state index in [4.69, 9.17) is 15.1 Å². The van der Waals surface area contributed by atoms with E-state index in [0.29, 0.717) is 0 Å². The quantitative estimate of drug-likeness (QED) is 0.283. The zero-order valence-corrected chi connectivity index (χ0v) is 8.42. The fraction of sp³-hybridized carbons (Fsp3) is 0. The van der Waals surface area contributed by atoms with Gasteiger partial charge in [-0.1, -0.05) is 0 Å². The molecule has 0 heterocycles. The molecule has 0 fully saturated rings. The van der Waals surface area contributed by atoms with Crippen LogP contribution in [0.5, 0.6) is 0 Å². The second-order valence-electron chi connectivity index (χ2n) is 0.346. The Kier molecular flexibility index (Phi) is 51.8. The Morgan fingerprint density at radius 1 is 1.00 bits per heavy atom. The largest absolute Gasteiger partial charge is 1.00 e. The Bertz CT molecular complexity index is 21.3. The van der Waals surface area contributed by atoms with Gasteiger partial charge in [0, 0.05) is 0 Å². The molecule has 0 aromatic heterocycles. The maximum absolute atomic E-state index is 7.17. The van der Waals surface area contributed by atoms with Crippen LogP contribution >= 0.6 is 0 Å². The summed E-state index contributed by atoms with van der Waals surface area (Å²) in [5, 5.41) is 21.5. The summed E-state index contributed by atoms with van der Waals surface area (Å²) in [7, 11) is -2.17. The first kappa shape index (κ1) is 23.1. The van der Waals surface area contributed by atoms with Crippen LogP contribution in [-0.4, -0.2) is 27.9 Å². The standard InChI is InChI=1S/BH3O3.2Na.H2O.2H/c2-1(3)4;;;;;/h2-4H;;;1H2;;/q;2*+1;;2*-1. The smallest absolute Gasteiger partial charge is 1.00 e. The van der Waals surface area contributed by atoms with E-state index in [-0.39, 0.29) is 67.4 Å². The monoisotopic (exact) mass is 128 g/mol. The van der Waals surface area contributed by atoms with E-state index in [1.807, 2.05) is 0 Å². The summed E-state index contributed by atoms with van der Waals surface area (Å²) in [6, 6.07) is 0. The van der Waals surface area contributed by atoms with Crippen molar-refractivity contribution in [2.24, 2.45) is 0 Å². The van der Waals surface area contributed by atoms with Gasteiger partial charge < -0.3 is 23.4 Å². The van der Waals surface area contributed by atoms with Gasteiger partial charge in [-0.2, -0.15) is 0 Å². The Hall–Kier alpha value is 1.90. The second kappa shape index (κ2) is 15.7. The SMILES string of the molecule is O.OB(O)O.[H-].[H-].[Na+].[Na+]. The molecule has 36 valence electrons. The zero-order chi connectivity index (χ0) is 3.58. The second-order valence-corrected chi connectivity index (χ2v) is 0.346. The molecule has 7 heteroatoms. The van der Waals surface area contributed by atoms with E-state index in [2.05, 4.69) is 0 Å². The van der Waals surface area contributed by atoms with E-state index in [0.717, 1.165) is 0 Å². The molecular formula is H7BNa2O4. The van der Waals surface area contributed by atoms with Crippen molar-refractivity contribution < 1.29 is 82.5 Å². The molecule has 5 N–H and O–H groups in total. The van der Waals surface area contributed by atoms with Crippen LogP contribution in [0.1, 0.15) is 2.85 Å². The van der Waals surface area contributed by atoms with Gasteiger partial charge in [0.2, 0.25) is 0 Å². The van der Waals surface area contributed by atoms with Gasteiger partial charge in [0.15, 0.2) is 0 Å². The third-order valence-electron chi connectivity index (χ3n) is 0. The van der Waals surface area contributed by atoms with Crippen molar-refractivity contribution in [3.63, 3.8) is 0 Å². The molecule has 0 radical (unpaired) electrons.